The molecule has 0 bridgehead atoms. The number of carbonyl (C=O) groups excluding carboxylic acids is 2. The van der Waals surface area contributed by atoms with E-state index >= 15 is 0 Å². The molecule has 2 heterocycles. The number of carbonyl (C=O) groups is 2. The smallest absolute Gasteiger partial charge is 0.315 e. The second-order valence-corrected chi connectivity index (χ2v) is 10.3. The molecule has 0 radical (unpaired) electrons. The lowest BCUT2D eigenvalue weighted by molar-refractivity contribution is -0.130. The Morgan fingerprint density at radius 2 is 1.40 bits per heavy atom. The third-order valence-corrected chi connectivity index (χ3v) is 7.83. The van der Waals surface area contributed by atoms with Crippen LogP contribution in [0.15, 0.2) is 89.4 Å². The number of halogens is 1. The van der Waals surface area contributed by atoms with Gasteiger partial charge in [0.2, 0.25) is 0 Å². The Morgan fingerprint density at radius 1 is 0.800 bits per heavy atom. The van der Waals surface area contributed by atoms with Gasteiger partial charge in [-0.1, -0.05) is 88.7 Å². The minimum absolute atomic E-state index is 0.209. The summed E-state index contributed by atoms with van der Waals surface area (Å²) in [6, 6.07) is 27.5. The van der Waals surface area contributed by atoms with E-state index in [1.54, 1.807) is 0 Å². The maximum absolute atomic E-state index is 13.8. The van der Waals surface area contributed by atoms with Gasteiger partial charge < -0.3 is 10.2 Å². The number of hydrogen-bond donors (Lipinski definition) is 1. The molecule has 0 saturated carbocycles. The molecule has 2 saturated heterocycles. The standard InChI is InChI=1S/C29H30BrN3O2/c30-26-14-12-25(13-15-26)29(24-10-5-2-6-11-24)27(34)33(28(35)31-29)19-7-18-32-20-16-23(17-21-32)22-8-3-1-4-9-22/h1-6,8-15,23H,7,16-21H2,(H,31,35). The SMILES string of the molecule is O=C1NC(c2ccccc2)(c2ccc(Br)cc2)C(=O)N1CCCN1CCC(c2ccccc2)CC1. The van der Waals surface area contributed by atoms with E-state index in [4.69, 9.17) is 0 Å². The Hall–Kier alpha value is -2.96. The molecular formula is C29H30BrN3O2. The Kier molecular flexibility index (Phi) is 7.02. The van der Waals surface area contributed by atoms with Gasteiger partial charge in [-0.15, -0.1) is 0 Å². The first-order valence-corrected chi connectivity index (χ1v) is 13.1. The fourth-order valence-electron chi connectivity index (χ4n) is 5.39. The molecule has 3 amide bonds. The first-order valence-electron chi connectivity index (χ1n) is 12.3. The minimum atomic E-state index is -1.20. The van der Waals surface area contributed by atoms with Gasteiger partial charge in [-0.05, 0) is 73.6 Å². The van der Waals surface area contributed by atoms with E-state index in [-0.39, 0.29) is 11.9 Å². The molecule has 1 N–H and O–H groups in total. The summed E-state index contributed by atoms with van der Waals surface area (Å²) >= 11 is 3.47. The molecule has 35 heavy (non-hydrogen) atoms. The number of rotatable bonds is 7. The highest BCUT2D eigenvalue weighted by Crippen LogP contribution is 2.36. The molecule has 3 aromatic carbocycles. The first kappa shape index (κ1) is 23.8. The minimum Gasteiger partial charge on any atom is -0.315 e. The van der Waals surface area contributed by atoms with Crippen LogP contribution in [0.1, 0.15) is 41.9 Å². The lowest BCUT2D eigenvalue weighted by Gasteiger charge is -2.32. The van der Waals surface area contributed by atoms with Crippen LogP contribution in [-0.2, 0) is 10.3 Å². The largest absolute Gasteiger partial charge is 0.325 e. The number of nitrogens with one attached hydrogen (secondary N) is 1. The van der Waals surface area contributed by atoms with Gasteiger partial charge >= 0.3 is 6.03 Å². The fourth-order valence-corrected chi connectivity index (χ4v) is 5.66. The van der Waals surface area contributed by atoms with Gasteiger partial charge in [0.05, 0.1) is 0 Å². The lowest BCUT2D eigenvalue weighted by Crippen LogP contribution is -2.45. The van der Waals surface area contributed by atoms with Gasteiger partial charge in [0.25, 0.3) is 5.91 Å². The Balaban J connectivity index is 1.25. The van der Waals surface area contributed by atoms with Crippen molar-refractivity contribution >= 4 is 27.9 Å². The summed E-state index contributed by atoms with van der Waals surface area (Å²) in [5, 5.41) is 3.04. The Bertz CT molecular complexity index is 1160. The van der Waals surface area contributed by atoms with Gasteiger partial charge in [0, 0.05) is 11.0 Å². The number of hydrogen-bond acceptors (Lipinski definition) is 3. The molecule has 1 atom stereocenters. The van der Waals surface area contributed by atoms with Crippen molar-refractivity contribution in [3.05, 3.63) is 106 Å². The van der Waals surface area contributed by atoms with Gasteiger partial charge in [-0.2, -0.15) is 0 Å². The molecule has 3 aromatic rings. The number of imide groups is 1. The summed E-state index contributed by atoms with van der Waals surface area (Å²) in [7, 11) is 0. The summed E-state index contributed by atoms with van der Waals surface area (Å²) < 4.78 is 0.925. The van der Waals surface area contributed by atoms with E-state index in [9.17, 15) is 9.59 Å². The second kappa shape index (κ2) is 10.3. The van der Waals surface area contributed by atoms with Crippen LogP contribution in [0.4, 0.5) is 4.79 Å². The van der Waals surface area contributed by atoms with Gasteiger partial charge in [0.15, 0.2) is 5.54 Å². The molecule has 2 aliphatic rings. The monoisotopic (exact) mass is 531 g/mol. The van der Waals surface area contributed by atoms with Gasteiger partial charge in [0.1, 0.15) is 0 Å². The summed E-state index contributed by atoms with van der Waals surface area (Å²) in [6.45, 7) is 3.39. The molecule has 2 fully saturated rings. The van der Waals surface area contributed by atoms with Crippen molar-refractivity contribution in [3.8, 4) is 0 Å². The van der Waals surface area contributed by atoms with E-state index in [0.29, 0.717) is 12.5 Å². The third-order valence-electron chi connectivity index (χ3n) is 7.30. The highest BCUT2D eigenvalue weighted by Gasteiger charge is 2.53. The number of nitrogens with zero attached hydrogens (tertiary/aromatic N) is 2. The average molecular weight is 532 g/mol. The van der Waals surface area contributed by atoms with Crippen molar-refractivity contribution in [2.24, 2.45) is 0 Å². The summed E-state index contributed by atoms with van der Waals surface area (Å²) in [5.74, 6) is 0.412. The molecule has 0 spiro atoms. The van der Waals surface area contributed by atoms with E-state index in [1.165, 1.54) is 10.5 Å². The van der Waals surface area contributed by atoms with Crippen LogP contribution < -0.4 is 5.32 Å². The van der Waals surface area contributed by atoms with Crippen molar-refractivity contribution < 1.29 is 9.59 Å². The molecule has 1 unspecified atom stereocenters. The highest BCUT2D eigenvalue weighted by molar-refractivity contribution is 9.10. The van der Waals surface area contributed by atoms with Crippen LogP contribution in [0.5, 0.6) is 0 Å². The predicted molar refractivity (Wildman–Crippen MR) is 141 cm³/mol. The van der Waals surface area contributed by atoms with Crippen LogP contribution in [0.2, 0.25) is 0 Å². The lowest BCUT2D eigenvalue weighted by atomic mass is 9.82. The van der Waals surface area contributed by atoms with Crippen LogP contribution >= 0.6 is 15.9 Å². The predicted octanol–water partition coefficient (Wildman–Crippen LogP) is 5.51. The maximum atomic E-state index is 13.8. The zero-order chi connectivity index (χ0) is 24.3. The Labute approximate surface area is 215 Å². The Morgan fingerprint density at radius 3 is 2.06 bits per heavy atom. The van der Waals surface area contributed by atoms with Gasteiger partial charge in [-0.3, -0.25) is 9.69 Å². The number of urea groups is 1. The van der Waals surface area contributed by atoms with Crippen LogP contribution in [0.25, 0.3) is 0 Å². The van der Waals surface area contributed by atoms with Crippen LogP contribution in [0, 0.1) is 0 Å². The molecule has 0 aromatic heterocycles. The zero-order valence-electron chi connectivity index (χ0n) is 19.7. The van der Waals surface area contributed by atoms with E-state index in [2.05, 4.69) is 56.5 Å². The number of benzene rings is 3. The van der Waals surface area contributed by atoms with Crippen LogP contribution in [-0.4, -0.2) is 47.9 Å². The van der Waals surface area contributed by atoms with E-state index < -0.39 is 5.54 Å². The number of amides is 3. The summed E-state index contributed by atoms with van der Waals surface area (Å²) in [6.07, 6.45) is 3.06. The molecule has 180 valence electrons. The quantitative estimate of drug-likeness (QED) is 0.408. The summed E-state index contributed by atoms with van der Waals surface area (Å²) in [5.41, 5.74) is 1.76. The number of piperidine rings is 1. The summed E-state index contributed by atoms with van der Waals surface area (Å²) in [4.78, 5) is 30.7. The van der Waals surface area contributed by atoms with Crippen molar-refractivity contribution in [1.82, 2.24) is 15.1 Å². The molecular weight excluding hydrogens is 502 g/mol. The molecule has 6 heteroatoms. The highest BCUT2D eigenvalue weighted by atomic mass is 79.9. The van der Waals surface area contributed by atoms with Crippen molar-refractivity contribution in [2.75, 3.05) is 26.2 Å². The third kappa shape index (κ3) is 4.78. The molecule has 0 aliphatic carbocycles. The zero-order valence-corrected chi connectivity index (χ0v) is 21.3. The van der Waals surface area contributed by atoms with Crippen LogP contribution in [0.3, 0.4) is 0 Å². The van der Waals surface area contributed by atoms with Crippen molar-refractivity contribution in [2.45, 2.75) is 30.7 Å². The average Bonchev–Trinajstić information content (AvgIpc) is 3.16. The van der Waals surface area contributed by atoms with E-state index in [1.807, 2.05) is 54.6 Å². The topological polar surface area (TPSA) is 52.7 Å². The second-order valence-electron chi connectivity index (χ2n) is 9.39. The molecule has 5 nitrogen and oxygen atoms in total. The first-order chi connectivity index (χ1) is 17.1. The van der Waals surface area contributed by atoms with Crippen molar-refractivity contribution in [1.29, 1.82) is 0 Å². The molecule has 5 rings (SSSR count). The maximum Gasteiger partial charge on any atom is 0.325 e. The fraction of sp³-hybridized carbons (Fsp3) is 0.310. The normalized spacial score (nSPS) is 21.3. The molecule has 2 aliphatic heterocycles. The number of likely N-dealkylation sites (tertiary alicyclic amines) is 1. The van der Waals surface area contributed by atoms with Gasteiger partial charge in [-0.25, -0.2) is 4.79 Å². The van der Waals surface area contributed by atoms with Crippen molar-refractivity contribution in [3.63, 3.8) is 0 Å². The van der Waals surface area contributed by atoms with E-state index in [0.717, 1.165) is 54.5 Å².